The van der Waals surface area contributed by atoms with E-state index in [1.54, 1.807) is 13.1 Å². The van der Waals surface area contributed by atoms with Crippen LogP contribution in [0.4, 0.5) is 10.5 Å². The smallest absolute Gasteiger partial charge is 0.414 e. The van der Waals surface area contributed by atoms with Crippen molar-refractivity contribution in [3.8, 4) is 0 Å². The number of amides is 2. The summed E-state index contributed by atoms with van der Waals surface area (Å²) in [5, 5.41) is 4.28. The average Bonchev–Trinajstić information content (AvgIpc) is 3.17. The molecule has 4 rings (SSSR count). The van der Waals surface area contributed by atoms with Crippen molar-refractivity contribution in [2.75, 3.05) is 25.0 Å². The monoisotopic (exact) mass is 572 g/mol. The molecule has 0 bridgehead atoms. The zero-order valence-corrected chi connectivity index (χ0v) is 25.7. The Hall–Kier alpha value is -2.72. The molecule has 2 heterocycles. The number of ether oxygens (including phenoxy) is 1. The van der Waals surface area contributed by atoms with Gasteiger partial charge in [-0.05, 0) is 101 Å². The normalized spacial score (nSPS) is 23.8. The first-order valence-electron chi connectivity index (χ1n) is 14.3. The predicted octanol–water partition coefficient (Wildman–Crippen LogP) is 5.16. The van der Waals surface area contributed by atoms with Crippen LogP contribution >= 0.6 is 0 Å². The number of aliphatic imine (C=N–C) groups is 1. The number of nitrogens with one attached hydrogen (secondary N) is 1. The summed E-state index contributed by atoms with van der Waals surface area (Å²) in [6.45, 7) is 12.0. The number of amidine groups is 1. The lowest BCUT2D eigenvalue weighted by Crippen LogP contribution is -2.50. The number of hydrogen-bond donors (Lipinski definition) is 1. The summed E-state index contributed by atoms with van der Waals surface area (Å²) >= 11 is 0. The van der Waals surface area contributed by atoms with Crippen molar-refractivity contribution in [1.29, 1.82) is 0 Å². The van der Waals surface area contributed by atoms with E-state index in [4.69, 9.17) is 9.73 Å². The van der Waals surface area contributed by atoms with Gasteiger partial charge in [0.1, 0.15) is 17.0 Å². The molecular formula is C30H44N4O5S. The van der Waals surface area contributed by atoms with Crippen LogP contribution in [-0.2, 0) is 19.6 Å². The Labute approximate surface area is 239 Å². The molecule has 1 saturated carbocycles. The van der Waals surface area contributed by atoms with Crippen molar-refractivity contribution in [3.63, 3.8) is 0 Å². The van der Waals surface area contributed by atoms with Crippen LogP contribution in [-0.4, -0.2) is 61.8 Å². The molecule has 1 spiro atoms. The van der Waals surface area contributed by atoms with Gasteiger partial charge in [-0.3, -0.25) is 14.7 Å². The molecule has 220 valence electrons. The largest absolute Gasteiger partial charge is 0.443 e. The molecular weight excluding hydrogens is 528 g/mol. The molecule has 0 aromatic heterocycles. The van der Waals surface area contributed by atoms with Crippen molar-refractivity contribution < 1.29 is 22.7 Å². The summed E-state index contributed by atoms with van der Waals surface area (Å²) in [6, 6.07) is 3.68. The molecule has 2 amide bonds. The van der Waals surface area contributed by atoms with Gasteiger partial charge in [-0.1, -0.05) is 19.8 Å². The highest BCUT2D eigenvalue weighted by atomic mass is 32.2. The Bertz CT molecular complexity index is 1290. The van der Waals surface area contributed by atoms with Crippen molar-refractivity contribution in [2.24, 2.45) is 16.8 Å². The number of carbonyl (C=O) groups is 2. The summed E-state index contributed by atoms with van der Waals surface area (Å²) in [5.41, 5.74) is 1.68. The summed E-state index contributed by atoms with van der Waals surface area (Å²) in [4.78, 5) is 31.8. The lowest BCUT2D eigenvalue weighted by Gasteiger charge is -2.34. The quantitative estimate of drug-likeness (QED) is 0.524. The van der Waals surface area contributed by atoms with E-state index in [1.165, 1.54) is 14.6 Å². The maximum atomic E-state index is 13.2. The Morgan fingerprint density at radius 1 is 1.12 bits per heavy atom. The van der Waals surface area contributed by atoms with E-state index in [9.17, 15) is 18.0 Å². The fraction of sp³-hybridized carbons (Fsp3) is 0.633. The standard InChI is InChI=1S/C30H44N4O5S/c1-20-8-10-23(11-9-20)26-31-27(35)30(32-26)13-15-34(16-14-30)40(37,38)17-12-25-21(2)18-24(19-22(25)3)33(7)28(36)39-29(4,5)6/h12,17-20,23H,8-11,13-16H2,1-7H3,(H,31,32,35)/b17-12+. The van der Waals surface area contributed by atoms with Crippen molar-refractivity contribution >= 4 is 39.6 Å². The Morgan fingerprint density at radius 2 is 1.70 bits per heavy atom. The molecule has 1 aliphatic carbocycles. The SMILES string of the molecule is Cc1cc(N(C)C(=O)OC(C)(C)C)cc(C)c1/C=C/S(=O)(=O)N1CCC2(CC1)N=C(C1CCC(C)CC1)NC2=O. The van der Waals surface area contributed by atoms with E-state index in [2.05, 4.69) is 12.2 Å². The fourth-order valence-electron chi connectivity index (χ4n) is 5.80. The number of benzene rings is 1. The third-order valence-electron chi connectivity index (χ3n) is 8.35. The summed E-state index contributed by atoms with van der Waals surface area (Å²) in [5.74, 6) is 1.73. The maximum Gasteiger partial charge on any atom is 0.414 e. The van der Waals surface area contributed by atoms with Gasteiger partial charge < -0.3 is 10.1 Å². The first kappa shape index (κ1) is 30.2. The average molecular weight is 573 g/mol. The number of piperidine rings is 1. The highest BCUT2D eigenvalue weighted by Gasteiger charge is 2.48. The van der Waals surface area contributed by atoms with Crippen LogP contribution in [0.2, 0.25) is 0 Å². The molecule has 3 aliphatic rings. The van der Waals surface area contributed by atoms with Gasteiger partial charge in [-0.15, -0.1) is 0 Å². The molecule has 40 heavy (non-hydrogen) atoms. The van der Waals surface area contributed by atoms with Gasteiger partial charge in [-0.2, -0.15) is 4.31 Å². The van der Waals surface area contributed by atoms with Gasteiger partial charge in [-0.25, -0.2) is 13.2 Å². The van der Waals surface area contributed by atoms with Crippen LogP contribution in [0, 0.1) is 25.7 Å². The molecule has 1 N–H and O–H groups in total. The van der Waals surface area contributed by atoms with Crippen LogP contribution in [0.3, 0.4) is 0 Å². The Kier molecular flexibility index (Phi) is 8.53. The minimum absolute atomic E-state index is 0.0867. The third kappa shape index (κ3) is 6.60. The number of sulfonamides is 1. The molecule has 0 atom stereocenters. The molecule has 1 saturated heterocycles. The van der Waals surface area contributed by atoms with Gasteiger partial charge in [0.25, 0.3) is 5.91 Å². The molecule has 9 nitrogen and oxygen atoms in total. The van der Waals surface area contributed by atoms with Gasteiger partial charge in [0.15, 0.2) is 0 Å². The zero-order valence-electron chi connectivity index (χ0n) is 24.9. The maximum absolute atomic E-state index is 13.2. The van der Waals surface area contributed by atoms with E-state index in [1.807, 2.05) is 46.8 Å². The second-order valence-electron chi connectivity index (χ2n) is 12.7. The summed E-state index contributed by atoms with van der Waals surface area (Å²) in [7, 11) is -2.04. The minimum atomic E-state index is -3.69. The van der Waals surface area contributed by atoms with Crippen molar-refractivity contribution in [1.82, 2.24) is 9.62 Å². The van der Waals surface area contributed by atoms with Gasteiger partial charge in [0, 0.05) is 37.2 Å². The fourth-order valence-corrected chi connectivity index (χ4v) is 6.97. The summed E-state index contributed by atoms with van der Waals surface area (Å²) < 4.78 is 33.4. The lowest BCUT2D eigenvalue weighted by atomic mass is 9.82. The number of aryl methyl sites for hydroxylation is 2. The molecule has 2 aliphatic heterocycles. The number of rotatable bonds is 5. The first-order chi connectivity index (χ1) is 18.6. The molecule has 1 aromatic rings. The Morgan fingerprint density at radius 3 is 2.25 bits per heavy atom. The number of nitrogens with zero attached hydrogens (tertiary/aromatic N) is 3. The van der Waals surface area contributed by atoms with E-state index in [0.29, 0.717) is 30.4 Å². The van der Waals surface area contributed by atoms with E-state index >= 15 is 0 Å². The van der Waals surface area contributed by atoms with Crippen molar-refractivity contribution in [3.05, 3.63) is 34.2 Å². The van der Waals surface area contributed by atoms with Gasteiger partial charge >= 0.3 is 6.09 Å². The second kappa shape index (κ2) is 11.3. The van der Waals surface area contributed by atoms with Gasteiger partial charge in [0.05, 0.1) is 0 Å². The predicted molar refractivity (Wildman–Crippen MR) is 159 cm³/mol. The lowest BCUT2D eigenvalue weighted by molar-refractivity contribution is -0.125. The van der Waals surface area contributed by atoms with E-state index in [0.717, 1.165) is 48.2 Å². The van der Waals surface area contributed by atoms with Crippen LogP contribution in [0.15, 0.2) is 22.5 Å². The number of hydrogen-bond acceptors (Lipinski definition) is 6. The number of carbonyl (C=O) groups excluding carboxylic acids is 2. The van der Waals surface area contributed by atoms with Crippen LogP contribution in [0.1, 0.15) is 82.9 Å². The number of anilines is 1. The summed E-state index contributed by atoms with van der Waals surface area (Å²) in [6.07, 6.45) is 6.28. The highest BCUT2D eigenvalue weighted by molar-refractivity contribution is 7.92. The van der Waals surface area contributed by atoms with Crippen LogP contribution < -0.4 is 10.2 Å². The zero-order chi connectivity index (χ0) is 29.5. The molecule has 2 fully saturated rings. The second-order valence-corrected chi connectivity index (χ2v) is 14.5. The Balaban J connectivity index is 1.42. The van der Waals surface area contributed by atoms with E-state index < -0.39 is 27.3 Å². The highest BCUT2D eigenvalue weighted by Crippen LogP contribution is 2.36. The van der Waals surface area contributed by atoms with E-state index in [-0.39, 0.29) is 19.0 Å². The molecule has 0 unspecified atom stereocenters. The molecule has 10 heteroatoms. The van der Waals surface area contributed by atoms with Crippen molar-refractivity contribution in [2.45, 2.75) is 91.2 Å². The van der Waals surface area contributed by atoms with Crippen LogP contribution in [0.25, 0.3) is 6.08 Å². The molecule has 1 aromatic carbocycles. The first-order valence-corrected chi connectivity index (χ1v) is 15.8. The molecule has 0 radical (unpaired) electrons. The minimum Gasteiger partial charge on any atom is -0.443 e. The van der Waals surface area contributed by atoms with Crippen LogP contribution in [0.5, 0.6) is 0 Å². The topological polar surface area (TPSA) is 108 Å². The third-order valence-corrected chi connectivity index (χ3v) is 9.92. The van der Waals surface area contributed by atoms with Gasteiger partial charge in [0.2, 0.25) is 10.0 Å².